The molecule has 7 nitrogen and oxygen atoms in total. The minimum Gasteiger partial charge on any atom is -0.463 e. The Morgan fingerprint density at radius 1 is 1.24 bits per heavy atom. The molecule has 0 bridgehead atoms. The summed E-state index contributed by atoms with van der Waals surface area (Å²) in [6.07, 6.45) is -4.52. The molecule has 1 radical (unpaired) electrons. The molecule has 0 aromatic carbocycles. The maximum atomic E-state index is 10.7. The Morgan fingerprint density at radius 3 is 2.41 bits per heavy atom. The van der Waals surface area contributed by atoms with Gasteiger partial charge in [0.15, 0.2) is 6.10 Å². The molecule has 0 saturated carbocycles. The lowest BCUT2D eigenvalue weighted by molar-refractivity contribution is -0.194. The summed E-state index contributed by atoms with van der Waals surface area (Å²) in [6, 6.07) is 0. The molecule has 0 aromatic rings. The molecule has 2 N–H and O–H groups in total. The second kappa shape index (κ2) is 5.95. The summed E-state index contributed by atoms with van der Waals surface area (Å²) in [5.41, 5.74) is 0. The Kier molecular flexibility index (Phi) is 4.86. The van der Waals surface area contributed by atoms with Gasteiger partial charge in [0.05, 0.1) is 0 Å². The van der Waals surface area contributed by atoms with Crippen LogP contribution in [0, 0.1) is 6.61 Å². The minimum absolute atomic E-state index is 0.184. The first-order valence-corrected chi connectivity index (χ1v) is 5.07. The van der Waals surface area contributed by atoms with Crippen molar-refractivity contribution in [1.29, 1.82) is 0 Å². The molecular weight excluding hydrogens is 232 g/mol. The van der Waals surface area contributed by atoms with Crippen LogP contribution < -0.4 is 0 Å². The first-order valence-electron chi connectivity index (χ1n) is 5.07. The van der Waals surface area contributed by atoms with Gasteiger partial charge >= 0.3 is 11.9 Å². The molecule has 0 amide bonds. The van der Waals surface area contributed by atoms with E-state index in [4.69, 9.17) is 9.47 Å². The van der Waals surface area contributed by atoms with Crippen LogP contribution in [0.25, 0.3) is 0 Å². The van der Waals surface area contributed by atoms with Crippen LogP contribution in [-0.2, 0) is 23.8 Å². The SMILES string of the molecule is CC(=O)OC[C@H]1O[CH][C@H](OC(C)=O)[C@@H](O)[C@@H]1O. The quantitative estimate of drug-likeness (QED) is 0.601. The summed E-state index contributed by atoms with van der Waals surface area (Å²) >= 11 is 0. The van der Waals surface area contributed by atoms with E-state index in [2.05, 4.69) is 4.74 Å². The van der Waals surface area contributed by atoms with Gasteiger partial charge in [-0.15, -0.1) is 0 Å². The maximum absolute atomic E-state index is 10.7. The molecular formula is C10H15O7. The standard InChI is InChI=1S/C10H15O7/c1-5(11)15-3-7-9(13)10(14)8(4-16-7)17-6(2)12/h4,7-10,13-14H,3H2,1-2H3/t7-,8+,9-,10-/m1/s1. The summed E-state index contributed by atoms with van der Waals surface area (Å²) in [7, 11) is 0. The van der Waals surface area contributed by atoms with Gasteiger partial charge in [-0.25, -0.2) is 0 Å². The number of hydrogen-bond donors (Lipinski definition) is 2. The molecule has 97 valence electrons. The van der Waals surface area contributed by atoms with Crippen molar-refractivity contribution in [3.63, 3.8) is 0 Å². The topological polar surface area (TPSA) is 102 Å². The van der Waals surface area contributed by atoms with E-state index in [1.54, 1.807) is 0 Å². The Morgan fingerprint density at radius 2 is 1.88 bits per heavy atom. The molecule has 4 atom stereocenters. The number of esters is 2. The third-order valence-electron chi connectivity index (χ3n) is 2.21. The van der Waals surface area contributed by atoms with Gasteiger partial charge < -0.3 is 24.4 Å². The van der Waals surface area contributed by atoms with Gasteiger partial charge in [-0.2, -0.15) is 0 Å². The smallest absolute Gasteiger partial charge is 0.303 e. The highest BCUT2D eigenvalue weighted by atomic mass is 16.6. The second-order valence-electron chi connectivity index (χ2n) is 3.67. The normalized spacial score (nSPS) is 32.9. The number of hydrogen-bond acceptors (Lipinski definition) is 7. The summed E-state index contributed by atoms with van der Waals surface area (Å²) in [4.78, 5) is 21.3. The molecule has 7 heteroatoms. The van der Waals surface area contributed by atoms with E-state index in [0.29, 0.717) is 0 Å². The van der Waals surface area contributed by atoms with Crippen LogP contribution in [0.15, 0.2) is 0 Å². The average molecular weight is 247 g/mol. The fourth-order valence-electron chi connectivity index (χ4n) is 1.38. The molecule has 0 spiro atoms. The summed E-state index contributed by atoms with van der Waals surface area (Å²) < 4.78 is 14.4. The van der Waals surface area contributed by atoms with E-state index in [-0.39, 0.29) is 6.61 Å². The van der Waals surface area contributed by atoms with E-state index in [1.165, 1.54) is 13.8 Å². The highest BCUT2D eigenvalue weighted by molar-refractivity contribution is 5.66. The number of ether oxygens (including phenoxy) is 3. The first-order chi connectivity index (χ1) is 7.91. The fraction of sp³-hybridized carbons (Fsp3) is 0.700. The molecule has 17 heavy (non-hydrogen) atoms. The van der Waals surface area contributed by atoms with Crippen LogP contribution in [0.3, 0.4) is 0 Å². The van der Waals surface area contributed by atoms with Crippen molar-refractivity contribution in [2.45, 2.75) is 38.3 Å². The van der Waals surface area contributed by atoms with Crippen molar-refractivity contribution in [1.82, 2.24) is 0 Å². The summed E-state index contributed by atoms with van der Waals surface area (Å²) in [6.45, 7) is 3.32. The molecule has 1 saturated heterocycles. The average Bonchev–Trinajstić information content (AvgIpc) is 2.23. The molecule has 0 aliphatic carbocycles. The Hall–Kier alpha value is -1.18. The van der Waals surface area contributed by atoms with Crippen LogP contribution >= 0.6 is 0 Å². The number of aliphatic hydroxyl groups is 2. The van der Waals surface area contributed by atoms with Gasteiger partial charge in [0.2, 0.25) is 0 Å². The van der Waals surface area contributed by atoms with Crippen LogP contribution in [0.1, 0.15) is 13.8 Å². The van der Waals surface area contributed by atoms with Gasteiger partial charge in [-0.05, 0) is 0 Å². The van der Waals surface area contributed by atoms with E-state index in [1.807, 2.05) is 0 Å². The van der Waals surface area contributed by atoms with Crippen molar-refractivity contribution in [2.24, 2.45) is 0 Å². The fourth-order valence-corrected chi connectivity index (χ4v) is 1.38. The number of carbonyl (C=O) groups is 2. The molecule has 1 aliphatic rings. The summed E-state index contributed by atoms with van der Waals surface area (Å²) in [5, 5.41) is 19.3. The lowest BCUT2D eigenvalue weighted by Gasteiger charge is -2.35. The van der Waals surface area contributed by atoms with Crippen molar-refractivity contribution >= 4 is 11.9 Å². The Balaban J connectivity index is 2.49. The second-order valence-corrected chi connectivity index (χ2v) is 3.67. The van der Waals surface area contributed by atoms with Crippen LogP contribution in [0.2, 0.25) is 0 Å². The number of aliphatic hydroxyl groups excluding tert-OH is 2. The number of rotatable bonds is 3. The van der Waals surface area contributed by atoms with E-state index in [0.717, 1.165) is 6.61 Å². The van der Waals surface area contributed by atoms with Crippen molar-refractivity contribution < 1.29 is 34.0 Å². The van der Waals surface area contributed by atoms with Crippen molar-refractivity contribution in [2.75, 3.05) is 6.61 Å². The van der Waals surface area contributed by atoms with E-state index in [9.17, 15) is 19.8 Å². The highest BCUT2D eigenvalue weighted by Gasteiger charge is 2.41. The van der Waals surface area contributed by atoms with Gasteiger partial charge in [0, 0.05) is 13.8 Å². The zero-order valence-corrected chi connectivity index (χ0v) is 9.53. The molecule has 1 fully saturated rings. The molecule has 1 rings (SSSR count). The molecule has 0 aromatic heterocycles. The number of carbonyl (C=O) groups excluding carboxylic acids is 2. The van der Waals surface area contributed by atoms with E-state index >= 15 is 0 Å². The lowest BCUT2D eigenvalue weighted by atomic mass is 10.0. The Bertz CT molecular complexity index is 288. The van der Waals surface area contributed by atoms with Crippen LogP contribution in [0.5, 0.6) is 0 Å². The summed E-state index contributed by atoms with van der Waals surface area (Å²) in [5.74, 6) is -1.11. The van der Waals surface area contributed by atoms with Gasteiger partial charge in [0.1, 0.15) is 31.5 Å². The molecule has 1 heterocycles. The zero-order chi connectivity index (χ0) is 13.0. The largest absolute Gasteiger partial charge is 0.463 e. The minimum atomic E-state index is -1.31. The van der Waals surface area contributed by atoms with Crippen molar-refractivity contribution in [3.05, 3.63) is 6.61 Å². The zero-order valence-electron chi connectivity index (χ0n) is 9.53. The van der Waals surface area contributed by atoms with Crippen LogP contribution in [-0.4, -0.2) is 53.2 Å². The maximum Gasteiger partial charge on any atom is 0.303 e. The third kappa shape index (κ3) is 3.95. The lowest BCUT2D eigenvalue weighted by Crippen LogP contribution is -2.53. The monoisotopic (exact) mass is 247 g/mol. The first kappa shape index (κ1) is 13.9. The van der Waals surface area contributed by atoms with Gasteiger partial charge in [0.25, 0.3) is 0 Å². The highest BCUT2D eigenvalue weighted by Crippen LogP contribution is 2.21. The van der Waals surface area contributed by atoms with Gasteiger partial charge in [-0.1, -0.05) is 0 Å². The predicted octanol–water partition coefficient (Wildman–Crippen LogP) is -1.24. The van der Waals surface area contributed by atoms with Gasteiger partial charge in [-0.3, -0.25) is 9.59 Å². The molecule has 0 unspecified atom stereocenters. The van der Waals surface area contributed by atoms with Crippen molar-refractivity contribution in [3.8, 4) is 0 Å². The Labute approximate surface area is 98.3 Å². The third-order valence-corrected chi connectivity index (χ3v) is 2.21. The van der Waals surface area contributed by atoms with E-state index < -0.39 is 36.4 Å². The predicted molar refractivity (Wildman–Crippen MR) is 53.4 cm³/mol. The molecule has 1 aliphatic heterocycles. The van der Waals surface area contributed by atoms with Crippen LogP contribution in [0.4, 0.5) is 0 Å².